The van der Waals surface area contributed by atoms with Crippen LogP contribution in [0.15, 0.2) is 16.0 Å². The average molecular weight is 328 g/mol. The minimum Gasteiger partial charge on any atom is -0.396 e. The van der Waals surface area contributed by atoms with Crippen LogP contribution in [0.4, 0.5) is 0 Å². The molecule has 1 unspecified atom stereocenters. The monoisotopic (exact) mass is 328 g/mol. The van der Waals surface area contributed by atoms with Gasteiger partial charge in [0.1, 0.15) is 0 Å². The Hall–Kier alpha value is 0.0000000000000000347. The first-order chi connectivity index (χ1) is 6.76. The first-order valence-corrected chi connectivity index (χ1v) is 8.27. The number of amides is 1. The van der Waals surface area contributed by atoms with E-state index in [0.717, 1.165) is 18.4 Å². The summed E-state index contributed by atoms with van der Waals surface area (Å²) in [5.41, 5.74) is 3.31. The number of aliphatic hydroxyl groups is 1. The van der Waals surface area contributed by atoms with Crippen molar-refractivity contribution in [3.8, 4) is 0 Å². The van der Waals surface area contributed by atoms with Gasteiger partial charge in [0.05, 0.1) is 6.21 Å². The van der Waals surface area contributed by atoms with Gasteiger partial charge in [0, 0.05) is 6.61 Å². The quantitative estimate of drug-likeness (QED) is 0.246. The van der Waals surface area contributed by atoms with Gasteiger partial charge < -0.3 is 5.11 Å². The molecule has 6 heteroatoms. The third-order valence-electron chi connectivity index (χ3n) is 1.58. The van der Waals surface area contributed by atoms with Crippen LogP contribution in [-0.2, 0) is 4.79 Å². The van der Waals surface area contributed by atoms with E-state index in [1.54, 1.807) is 6.21 Å². The van der Waals surface area contributed by atoms with E-state index in [4.69, 9.17) is 5.11 Å². The Morgan fingerprint density at radius 1 is 1.71 bits per heavy atom. The van der Waals surface area contributed by atoms with E-state index in [1.165, 1.54) is 5.31 Å². The zero-order chi connectivity index (χ0) is 10.8. The molecule has 0 rings (SSSR count). The molecule has 0 spiro atoms. The maximum Gasteiger partial charge on any atom is 0.227 e. The van der Waals surface area contributed by atoms with Crippen LogP contribution in [0.5, 0.6) is 0 Å². The van der Waals surface area contributed by atoms with Gasteiger partial charge in [-0.1, -0.05) is 22.0 Å². The van der Waals surface area contributed by atoms with Gasteiger partial charge in [0.2, 0.25) is 6.41 Å². The minimum atomic E-state index is 0.177. The number of nitrogens with zero attached hydrogens (tertiary/aromatic N) is 1. The summed E-state index contributed by atoms with van der Waals surface area (Å²) in [6, 6.07) is 0. The SMILES string of the molecule is C/C(PI)=C(\C=N/NC=O)CCCO. The Kier molecular flexibility index (Phi) is 9.55. The minimum absolute atomic E-state index is 0.177. The Labute approximate surface area is 98.5 Å². The third kappa shape index (κ3) is 6.45. The van der Waals surface area contributed by atoms with Crippen molar-refractivity contribution >= 4 is 40.9 Å². The van der Waals surface area contributed by atoms with E-state index in [9.17, 15) is 4.79 Å². The topological polar surface area (TPSA) is 61.7 Å². The lowest BCUT2D eigenvalue weighted by atomic mass is 10.1. The second kappa shape index (κ2) is 9.55. The Bertz CT molecular complexity index is 231. The van der Waals surface area contributed by atoms with Crippen LogP contribution in [0.1, 0.15) is 19.8 Å². The molecule has 0 aliphatic carbocycles. The molecule has 14 heavy (non-hydrogen) atoms. The molecule has 0 saturated heterocycles. The van der Waals surface area contributed by atoms with Crippen molar-refractivity contribution in [2.75, 3.05) is 6.61 Å². The molecule has 0 bridgehead atoms. The highest BCUT2D eigenvalue weighted by Crippen LogP contribution is 2.34. The van der Waals surface area contributed by atoms with Crippen molar-refractivity contribution < 1.29 is 9.90 Å². The number of hydrogen-bond acceptors (Lipinski definition) is 3. The lowest BCUT2D eigenvalue weighted by Crippen LogP contribution is -2.02. The summed E-state index contributed by atoms with van der Waals surface area (Å²) in [7, 11) is 0. The van der Waals surface area contributed by atoms with Crippen molar-refractivity contribution in [2.45, 2.75) is 19.8 Å². The van der Waals surface area contributed by atoms with Crippen molar-refractivity contribution in [3.05, 3.63) is 10.9 Å². The van der Waals surface area contributed by atoms with E-state index in [-0.39, 0.29) is 6.61 Å². The standard InChI is InChI=1S/C8H14IN2O2P/c1-7(14-9)8(3-2-4-12)5-10-11-6-13/h5-6,12,14H,2-4H2,1H3,(H,11,13)/b8-7+,10-5-. The first-order valence-electron chi connectivity index (χ1n) is 4.15. The number of carbonyl (C=O) groups excluding carboxylic acids is 1. The Morgan fingerprint density at radius 3 is 2.93 bits per heavy atom. The highest BCUT2D eigenvalue weighted by atomic mass is 127. The molecule has 1 amide bonds. The van der Waals surface area contributed by atoms with Crippen LogP contribution in [0.3, 0.4) is 0 Å². The predicted molar refractivity (Wildman–Crippen MR) is 69.0 cm³/mol. The molecule has 0 aliphatic heterocycles. The third-order valence-corrected chi connectivity index (χ3v) is 4.61. The van der Waals surface area contributed by atoms with Crippen LogP contribution in [0, 0.1) is 0 Å². The van der Waals surface area contributed by atoms with Gasteiger partial charge in [-0.05, 0) is 36.9 Å². The molecule has 80 valence electrons. The van der Waals surface area contributed by atoms with E-state index < -0.39 is 0 Å². The number of hydrogen-bond donors (Lipinski definition) is 2. The zero-order valence-electron chi connectivity index (χ0n) is 7.96. The predicted octanol–water partition coefficient (Wildman–Crippen LogP) is 1.79. The van der Waals surface area contributed by atoms with Crippen molar-refractivity contribution in [3.63, 3.8) is 0 Å². The molecular weight excluding hydrogens is 314 g/mol. The Morgan fingerprint density at radius 2 is 2.43 bits per heavy atom. The highest BCUT2D eigenvalue weighted by Gasteiger charge is 1.99. The molecule has 0 saturated carbocycles. The van der Waals surface area contributed by atoms with Crippen LogP contribution in [0.2, 0.25) is 0 Å². The molecule has 4 nitrogen and oxygen atoms in total. The van der Waals surface area contributed by atoms with Gasteiger partial charge in [0.15, 0.2) is 0 Å². The molecule has 0 fully saturated rings. The molecule has 0 heterocycles. The van der Waals surface area contributed by atoms with Crippen molar-refractivity contribution in [2.24, 2.45) is 5.10 Å². The number of carbonyl (C=O) groups is 1. The molecule has 0 aromatic carbocycles. The van der Waals surface area contributed by atoms with Crippen molar-refractivity contribution in [1.82, 2.24) is 5.43 Å². The zero-order valence-corrected chi connectivity index (χ0v) is 11.1. The van der Waals surface area contributed by atoms with Gasteiger partial charge >= 0.3 is 0 Å². The molecular formula is C8H14IN2O2P. The van der Waals surface area contributed by atoms with Crippen LogP contribution >= 0.6 is 28.3 Å². The van der Waals surface area contributed by atoms with Crippen LogP contribution < -0.4 is 5.43 Å². The second-order valence-electron chi connectivity index (χ2n) is 2.58. The van der Waals surface area contributed by atoms with Gasteiger partial charge in [-0.15, -0.1) is 0 Å². The molecule has 0 aliphatic rings. The number of nitrogens with one attached hydrogen (secondary N) is 1. The fourth-order valence-electron chi connectivity index (χ4n) is 0.825. The average Bonchev–Trinajstić information content (AvgIpc) is 2.22. The largest absolute Gasteiger partial charge is 0.396 e. The molecule has 0 aromatic heterocycles. The number of allylic oxidation sites excluding steroid dienone is 2. The van der Waals surface area contributed by atoms with Gasteiger partial charge in [-0.3, -0.25) is 4.79 Å². The van der Waals surface area contributed by atoms with E-state index in [1.807, 2.05) is 6.92 Å². The number of halogens is 1. The molecule has 0 aromatic rings. The maximum atomic E-state index is 9.96. The maximum absolute atomic E-state index is 9.96. The van der Waals surface area contributed by atoms with Crippen LogP contribution in [0.25, 0.3) is 0 Å². The number of rotatable bonds is 7. The Balaban J connectivity index is 4.31. The lowest BCUT2D eigenvalue weighted by molar-refractivity contribution is -0.109. The van der Waals surface area contributed by atoms with Gasteiger partial charge in [0.25, 0.3) is 0 Å². The van der Waals surface area contributed by atoms with E-state index in [0.29, 0.717) is 12.6 Å². The van der Waals surface area contributed by atoms with E-state index >= 15 is 0 Å². The molecule has 0 radical (unpaired) electrons. The van der Waals surface area contributed by atoms with Gasteiger partial charge in [-0.25, -0.2) is 5.43 Å². The van der Waals surface area contributed by atoms with Gasteiger partial charge in [-0.2, -0.15) is 5.10 Å². The molecule has 2 N–H and O–H groups in total. The summed E-state index contributed by atoms with van der Waals surface area (Å²) in [5.74, 6) is 0. The lowest BCUT2D eigenvalue weighted by Gasteiger charge is -2.03. The fourth-order valence-corrected chi connectivity index (χ4v) is 2.17. The first kappa shape index (κ1) is 14.0. The highest BCUT2D eigenvalue weighted by molar-refractivity contribution is 14.2. The fraction of sp³-hybridized carbons (Fsp3) is 0.500. The second-order valence-corrected chi connectivity index (χ2v) is 5.13. The van der Waals surface area contributed by atoms with E-state index in [2.05, 4.69) is 32.6 Å². The smallest absolute Gasteiger partial charge is 0.227 e. The number of aliphatic hydroxyl groups excluding tert-OH is 1. The number of hydrazone groups is 1. The summed E-state index contributed by atoms with van der Waals surface area (Å²) in [4.78, 5) is 9.96. The molecule has 1 atom stereocenters. The summed E-state index contributed by atoms with van der Waals surface area (Å²) in [6.45, 7) is 2.21. The summed E-state index contributed by atoms with van der Waals surface area (Å²) in [6.07, 6.45) is 4.39. The summed E-state index contributed by atoms with van der Waals surface area (Å²) >= 11 is 2.30. The summed E-state index contributed by atoms with van der Waals surface area (Å²) < 4.78 is 0. The van der Waals surface area contributed by atoms with Crippen molar-refractivity contribution in [1.29, 1.82) is 0 Å². The normalized spacial score (nSPS) is 13.6. The van der Waals surface area contributed by atoms with Crippen LogP contribution in [-0.4, -0.2) is 24.3 Å². The summed E-state index contributed by atoms with van der Waals surface area (Å²) in [5, 5.41) is 13.7.